The average Bonchev–Trinajstić information content (AvgIpc) is 1.84. The maximum Gasteiger partial charge on any atom is 0.0185 e. The summed E-state index contributed by atoms with van der Waals surface area (Å²) in [5.41, 5.74) is 0. The molecule has 0 aromatic carbocycles. The molecule has 1 atom stereocenters. The van der Waals surface area contributed by atoms with Crippen molar-refractivity contribution in [3.8, 4) is 0 Å². The molecular formula is C6H14BrN. The Bertz CT molecular complexity index is 48.5. The summed E-state index contributed by atoms with van der Waals surface area (Å²) in [5, 5.41) is 1.07. The van der Waals surface area contributed by atoms with E-state index in [0.29, 0.717) is 6.04 Å². The summed E-state index contributed by atoms with van der Waals surface area (Å²) in [7, 11) is 2.13. The maximum absolute atomic E-state index is 3.41. The van der Waals surface area contributed by atoms with Gasteiger partial charge in [0.1, 0.15) is 0 Å². The first-order valence-corrected chi connectivity index (χ1v) is 4.10. The Morgan fingerprint density at radius 3 is 2.25 bits per heavy atom. The van der Waals surface area contributed by atoms with Crippen LogP contribution < -0.4 is 0 Å². The van der Waals surface area contributed by atoms with Crippen molar-refractivity contribution in [2.45, 2.75) is 19.9 Å². The molecule has 0 rings (SSSR count). The fourth-order valence-corrected chi connectivity index (χ4v) is 0.924. The van der Waals surface area contributed by atoms with Crippen LogP contribution in [-0.2, 0) is 0 Å². The van der Waals surface area contributed by atoms with E-state index in [0.717, 1.165) is 11.9 Å². The molecule has 0 saturated carbocycles. The lowest BCUT2D eigenvalue weighted by Crippen LogP contribution is -2.29. The van der Waals surface area contributed by atoms with Crippen LogP contribution in [0.25, 0.3) is 0 Å². The molecule has 0 heterocycles. The third kappa shape index (κ3) is 2.68. The zero-order chi connectivity index (χ0) is 6.57. The van der Waals surface area contributed by atoms with E-state index in [1.807, 2.05) is 0 Å². The van der Waals surface area contributed by atoms with Gasteiger partial charge in [-0.3, -0.25) is 0 Å². The van der Waals surface area contributed by atoms with E-state index < -0.39 is 0 Å². The van der Waals surface area contributed by atoms with Crippen molar-refractivity contribution in [2.24, 2.45) is 0 Å². The van der Waals surface area contributed by atoms with Gasteiger partial charge in [-0.05, 0) is 20.5 Å². The zero-order valence-electron chi connectivity index (χ0n) is 5.82. The van der Waals surface area contributed by atoms with Gasteiger partial charge in [0.15, 0.2) is 0 Å². The van der Waals surface area contributed by atoms with E-state index in [2.05, 4.69) is 41.7 Å². The van der Waals surface area contributed by atoms with Crippen LogP contribution in [0.3, 0.4) is 0 Å². The fourth-order valence-electron chi connectivity index (χ4n) is 0.429. The Morgan fingerprint density at radius 2 is 2.12 bits per heavy atom. The average molecular weight is 180 g/mol. The van der Waals surface area contributed by atoms with E-state index in [-0.39, 0.29) is 0 Å². The van der Waals surface area contributed by atoms with Gasteiger partial charge in [-0.1, -0.05) is 22.9 Å². The smallest absolute Gasteiger partial charge is 0.0185 e. The van der Waals surface area contributed by atoms with Crippen LogP contribution in [0.2, 0.25) is 0 Å². The number of halogens is 1. The molecule has 0 spiro atoms. The molecule has 1 unspecified atom stereocenters. The lowest BCUT2D eigenvalue weighted by atomic mass is 10.3. The molecule has 0 N–H and O–H groups in total. The van der Waals surface area contributed by atoms with Crippen LogP contribution >= 0.6 is 15.9 Å². The minimum absolute atomic E-state index is 0.667. The summed E-state index contributed by atoms with van der Waals surface area (Å²) < 4.78 is 0. The van der Waals surface area contributed by atoms with Gasteiger partial charge in [0.25, 0.3) is 0 Å². The van der Waals surface area contributed by atoms with Crippen molar-refractivity contribution in [2.75, 3.05) is 18.9 Å². The quantitative estimate of drug-likeness (QED) is 0.597. The Hall–Kier alpha value is 0.440. The highest BCUT2D eigenvalue weighted by atomic mass is 79.9. The molecule has 0 saturated heterocycles. The molecule has 0 radical (unpaired) electrons. The topological polar surface area (TPSA) is 3.24 Å². The van der Waals surface area contributed by atoms with Gasteiger partial charge in [0.05, 0.1) is 0 Å². The van der Waals surface area contributed by atoms with Crippen LogP contribution in [0.1, 0.15) is 13.8 Å². The molecule has 1 nitrogen and oxygen atoms in total. The third-order valence-corrected chi connectivity index (χ3v) is 2.41. The maximum atomic E-state index is 3.41. The number of nitrogens with zero attached hydrogens (tertiary/aromatic N) is 1. The lowest BCUT2D eigenvalue weighted by Gasteiger charge is -2.19. The molecule has 0 amide bonds. The summed E-state index contributed by atoms with van der Waals surface area (Å²) >= 11 is 3.41. The second-order valence-electron chi connectivity index (χ2n) is 2.08. The molecule has 0 aromatic heterocycles. The van der Waals surface area contributed by atoms with Crippen molar-refractivity contribution in [3.63, 3.8) is 0 Å². The predicted molar refractivity (Wildman–Crippen MR) is 41.6 cm³/mol. The SMILES string of the molecule is CCN(C)C(C)CBr. The highest BCUT2D eigenvalue weighted by molar-refractivity contribution is 9.09. The summed E-state index contributed by atoms with van der Waals surface area (Å²) in [6, 6.07) is 0.667. The molecule has 0 fully saturated rings. The lowest BCUT2D eigenvalue weighted by molar-refractivity contribution is 0.294. The van der Waals surface area contributed by atoms with E-state index in [1.165, 1.54) is 0 Å². The second-order valence-corrected chi connectivity index (χ2v) is 2.72. The van der Waals surface area contributed by atoms with Crippen LogP contribution in [0.4, 0.5) is 0 Å². The molecule has 0 bridgehead atoms. The summed E-state index contributed by atoms with van der Waals surface area (Å²) in [6.07, 6.45) is 0. The van der Waals surface area contributed by atoms with Gasteiger partial charge < -0.3 is 4.90 Å². The van der Waals surface area contributed by atoms with Gasteiger partial charge in [0.2, 0.25) is 0 Å². The molecule has 8 heavy (non-hydrogen) atoms. The minimum atomic E-state index is 0.667. The van der Waals surface area contributed by atoms with Crippen LogP contribution in [0, 0.1) is 0 Å². The minimum Gasteiger partial charge on any atom is -0.303 e. The Morgan fingerprint density at radius 1 is 1.62 bits per heavy atom. The van der Waals surface area contributed by atoms with Crippen LogP contribution in [0.15, 0.2) is 0 Å². The highest BCUT2D eigenvalue weighted by Gasteiger charge is 2.02. The molecule has 50 valence electrons. The Kier molecular flexibility index (Phi) is 4.57. The van der Waals surface area contributed by atoms with Crippen molar-refractivity contribution in [1.82, 2.24) is 4.90 Å². The number of hydrogen-bond donors (Lipinski definition) is 0. The van der Waals surface area contributed by atoms with Gasteiger partial charge in [0, 0.05) is 11.4 Å². The standard InChI is InChI=1S/C6H14BrN/c1-4-8(3)6(2)5-7/h6H,4-5H2,1-3H3. The Labute approximate surface area is 60.2 Å². The first-order chi connectivity index (χ1) is 3.72. The molecular weight excluding hydrogens is 166 g/mol. The normalized spacial score (nSPS) is 14.6. The van der Waals surface area contributed by atoms with Crippen molar-refractivity contribution in [1.29, 1.82) is 0 Å². The van der Waals surface area contributed by atoms with Crippen LogP contribution in [-0.4, -0.2) is 29.9 Å². The molecule has 0 aliphatic rings. The summed E-state index contributed by atoms with van der Waals surface area (Å²) in [4.78, 5) is 2.30. The fraction of sp³-hybridized carbons (Fsp3) is 1.00. The second kappa shape index (κ2) is 4.33. The van der Waals surface area contributed by atoms with Crippen LogP contribution in [0.5, 0.6) is 0 Å². The summed E-state index contributed by atoms with van der Waals surface area (Å²) in [6.45, 7) is 5.50. The number of alkyl halides is 1. The van der Waals surface area contributed by atoms with Gasteiger partial charge in [-0.2, -0.15) is 0 Å². The molecule has 0 aliphatic carbocycles. The van der Waals surface area contributed by atoms with Crippen molar-refractivity contribution >= 4 is 15.9 Å². The molecule has 2 heteroatoms. The highest BCUT2D eigenvalue weighted by Crippen LogP contribution is 1.97. The molecule has 0 aromatic rings. The number of rotatable bonds is 3. The van der Waals surface area contributed by atoms with E-state index >= 15 is 0 Å². The monoisotopic (exact) mass is 179 g/mol. The number of hydrogen-bond acceptors (Lipinski definition) is 1. The van der Waals surface area contributed by atoms with E-state index in [4.69, 9.17) is 0 Å². The third-order valence-electron chi connectivity index (χ3n) is 1.47. The molecule has 0 aliphatic heterocycles. The zero-order valence-corrected chi connectivity index (χ0v) is 7.40. The van der Waals surface area contributed by atoms with E-state index in [9.17, 15) is 0 Å². The van der Waals surface area contributed by atoms with Crippen molar-refractivity contribution in [3.05, 3.63) is 0 Å². The van der Waals surface area contributed by atoms with Gasteiger partial charge in [-0.25, -0.2) is 0 Å². The Balaban J connectivity index is 3.29. The van der Waals surface area contributed by atoms with Gasteiger partial charge >= 0.3 is 0 Å². The van der Waals surface area contributed by atoms with Crippen molar-refractivity contribution < 1.29 is 0 Å². The summed E-state index contributed by atoms with van der Waals surface area (Å²) in [5.74, 6) is 0. The predicted octanol–water partition coefficient (Wildman–Crippen LogP) is 1.72. The first-order valence-electron chi connectivity index (χ1n) is 2.98. The van der Waals surface area contributed by atoms with E-state index in [1.54, 1.807) is 0 Å². The largest absolute Gasteiger partial charge is 0.303 e. The first kappa shape index (κ1) is 8.44. The van der Waals surface area contributed by atoms with Gasteiger partial charge in [-0.15, -0.1) is 0 Å².